The Kier molecular flexibility index (Phi) is 15.0. The number of aromatic nitrogens is 4. The summed E-state index contributed by atoms with van der Waals surface area (Å²) in [6.07, 6.45) is 0. The third-order valence-corrected chi connectivity index (χ3v) is 37.0. The van der Waals surface area contributed by atoms with E-state index < -0.39 is 5.41 Å². The SMILES string of the molecule is CC1(C)c2ccccc2N2c3cc(-c4ccc(-n5c6ccccc6c6c(-c7cc8c9c(c7)c7ccccc7n9-c7cccc9c7B8c7cccc8c%10ccccc%10n-9c78)cccc65)cc4)cc4c3B(c3cccc1c32)c1cc(-c2cccc3c2c2ccccc2n3-c2ccc(-c3cc5c6c(c3)N3c7ccccc7Sc7cccc(c73)B6c3cccc6c3N5c3ccccc3S6)cc2)cc2c1N4c1ccccc1C2(C)C. The van der Waals surface area contributed by atoms with Crippen molar-refractivity contribution in [2.45, 2.75) is 58.1 Å². The molecule has 10 aliphatic rings. The summed E-state index contributed by atoms with van der Waals surface area (Å²) in [4.78, 5) is 15.7. The largest absolute Gasteiger partial charge is 0.311 e. The number of anilines is 12. The van der Waals surface area contributed by atoms with E-state index in [1.807, 2.05) is 23.5 Å². The highest BCUT2D eigenvalue weighted by Crippen LogP contribution is 2.62. The van der Waals surface area contributed by atoms with Crippen LogP contribution in [-0.4, -0.2) is 38.4 Å². The first kappa shape index (κ1) is 78.6. The average molecular weight is 1880 g/mol. The molecule has 8 nitrogen and oxygen atoms in total. The fraction of sp³-hybridized carbons (Fsp3) is 0.0455. The lowest BCUT2D eigenvalue weighted by Gasteiger charge is -2.52. The molecule has 0 aliphatic carbocycles. The zero-order valence-corrected chi connectivity index (χ0v) is 81.1. The van der Waals surface area contributed by atoms with E-state index in [0.29, 0.717) is 0 Å². The van der Waals surface area contributed by atoms with Crippen LogP contribution in [0.25, 0.3) is 154 Å². The monoisotopic (exact) mass is 1870 g/mol. The van der Waals surface area contributed by atoms with Crippen molar-refractivity contribution >= 4 is 248 Å². The predicted molar refractivity (Wildman–Crippen MR) is 611 cm³/mol. The van der Waals surface area contributed by atoms with E-state index in [1.54, 1.807) is 0 Å². The number of nitrogens with zero attached hydrogens (tertiary/aromatic N) is 8. The number of rotatable bonds is 6. The van der Waals surface area contributed by atoms with Gasteiger partial charge in [-0.1, -0.05) is 312 Å². The van der Waals surface area contributed by atoms with Gasteiger partial charge in [0, 0.05) is 141 Å². The molecule has 0 radical (unpaired) electrons. The van der Waals surface area contributed by atoms with E-state index in [4.69, 9.17) is 0 Å². The van der Waals surface area contributed by atoms with Gasteiger partial charge < -0.3 is 37.9 Å². The summed E-state index contributed by atoms with van der Waals surface area (Å²) in [7, 11) is 0. The highest BCUT2D eigenvalue weighted by atomic mass is 32.2. The molecule has 4 aromatic heterocycles. The van der Waals surface area contributed by atoms with Gasteiger partial charge in [0.2, 0.25) is 0 Å². The fourth-order valence-electron chi connectivity index (χ4n) is 28.9. The summed E-state index contributed by atoms with van der Waals surface area (Å²) in [5, 5.41) is 10.1. The third-order valence-electron chi connectivity index (χ3n) is 34.8. The lowest BCUT2D eigenvalue weighted by Crippen LogP contribution is -2.63. The van der Waals surface area contributed by atoms with Gasteiger partial charge in [-0.25, -0.2) is 0 Å². The van der Waals surface area contributed by atoms with Crippen LogP contribution >= 0.6 is 23.5 Å². The molecule has 21 aromatic carbocycles. The molecule has 670 valence electrons. The number of hydrogen-bond donors (Lipinski definition) is 0. The molecule has 25 aromatic rings. The van der Waals surface area contributed by atoms with Crippen molar-refractivity contribution in [2.24, 2.45) is 0 Å². The quantitative estimate of drug-likeness (QED) is 0.154. The molecule has 0 amide bonds. The third kappa shape index (κ3) is 9.83. The summed E-state index contributed by atoms with van der Waals surface area (Å²) in [6, 6.07) is 162. The van der Waals surface area contributed by atoms with Gasteiger partial charge in [-0.3, -0.25) is 0 Å². The van der Waals surface area contributed by atoms with Crippen LogP contribution < -0.4 is 68.8 Å². The zero-order chi connectivity index (χ0) is 94.5. The van der Waals surface area contributed by atoms with Gasteiger partial charge >= 0.3 is 0 Å². The zero-order valence-electron chi connectivity index (χ0n) is 79.5. The van der Waals surface area contributed by atoms with Crippen molar-refractivity contribution in [3.05, 3.63) is 441 Å². The molecule has 14 heterocycles. The number of fused-ring (bicyclic) bond motifs is 32. The Morgan fingerprint density at radius 1 is 0.200 bits per heavy atom. The first-order valence-corrected chi connectivity index (χ1v) is 52.5. The molecule has 0 saturated heterocycles. The second-order valence-corrected chi connectivity index (χ2v) is 44.5. The van der Waals surface area contributed by atoms with E-state index in [-0.39, 0.29) is 25.6 Å². The van der Waals surface area contributed by atoms with Gasteiger partial charge in [0.15, 0.2) is 0 Å². The summed E-state index contributed by atoms with van der Waals surface area (Å²) < 4.78 is 10.2. The number of para-hydroxylation sites is 12. The normalized spacial score (nSPS) is 14.9. The molecule has 0 atom stereocenters. The minimum absolute atomic E-state index is 0.00291. The highest BCUT2D eigenvalue weighted by molar-refractivity contribution is 8.00. The average Bonchev–Trinajstić information content (AvgIpc) is 1.08. The van der Waals surface area contributed by atoms with Crippen molar-refractivity contribution in [3.8, 4) is 67.3 Å². The smallest absolute Gasteiger partial charge is 0.252 e. The van der Waals surface area contributed by atoms with Crippen molar-refractivity contribution < 1.29 is 0 Å². The molecule has 10 aliphatic heterocycles. The predicted octanol–water partition coefficient (Wildman–Crippen LogP) is 28.3. The van der Waals surface area contributed by atoms with E-state index in [0.717, 1.165) is 28.1 Å². The Labute approximate surface area is 845 Å². The maximum Gasteiger partial charge on any atom is 0.252 e. The summed E-state index contributed by atoms with van der Waals surface area (Å²) in [6.45, 7) is 9.77. The van der Waals surface area contributed by atoms with Gasteiger partial charge in [-0.2, -0.15) is 0 Å². The number of hydrogen-bond acceptors (Lipinski definition) is 6. The maximum atomic E-state index is 2.71. The number of benzene rings is 21. The molecule has 0 fully saturated rings. The van der Waals surface area contributed by atoms with E-state index in [1.165, 1.54) is 286 Å². The Hall–Kier alpha value is -17.1. The lowest BCUT2D eigenvalue weighted by molar-refractivity contribution is 0.632. The molecule has 13 heteroatoms. The first-order valence-electron chi connectivity index (χ1n) is 50.9. The second-order valence-electron chi connectivity index (χ2n) is 42.3. The molecular formula is C132H81B3N8S2. The van der Waals surface area contributed by atoms with Crippen LogP contribution in [0.4, 0.5) is 68.2 Å². The van der Waals surface area contributed by atoms with Crippen LogP contribution in [0.3, 0.4) is 0 Å². The van der Waals surface area contributed by atoms with Crippen molar-refractivity contribution in [2.75, 3.05) is 19.6 Å². The van der Waals surface area contributed by atoms with E-state index in [2.05, 4.69) is 484 Å². The van der Waals surface area contributed by atoms with E-state index >= 15 is 0 Å². The molecule has 35 rings (SSSR count). The molecule has 0 bridgehead atoms. The Balaban J connectivity index is 0.519. The van der Waals surface area contributed by atoms with Gasteiger partial charge in [-0.15, -0.1) is 0 Å². The van der Waals surface area contributed by atoms with Crippen LogP contribution in [0.5, 0.6) is 0 Å². The minimum Gasteiger partial charge on any atom is -0.311 e. The van der Waals surface area contributed by atoms with Crippen molar-refractivity contribution in [1.29, 1.82) is 0 Å². The minimum atomic E-state index is -0.430. The van der Waals surface area contributed by atoms with Gasteiger partial charge in [-0.05, 0) is 274 Å². The molecule has 0 unspecified atom stereocenters. The van der Waals surface area contributed by atoms with E-state index in [9.17, 15) is 0 Å². The van der Waals surface area contributed by atoms with Crippen LogP contribution in [-0.2, 0) is 10.8 Å². The Morgan fingerprint density at radius 2 is 0.545 bits per heavy atom. The van der Waals surface area contributed by atoms with Crippen LogP contribution in [0.15, 0.2) is 438 Å². The molecule has 0 spiro atoms. The highest BCUT2D eigenvalue weighted by Gasteiger charge is 2.54. The lowest BCUT2D eigenvalue weighted by atomic mass is 9.32. The van der Waals surface area contributed by atoms with Crippen LogP contribution in [0, 0.1) is 0 Å². The van der Waals surface area contributed by atoms with Crippen LogP contribution in [0.2, 0.25) is 0 Å². The molecule has 145 heavy (non-hydrogen) atoms. The van der Waals surface area contributed by atoms with Crippen molar-refractivity contribution in [3.63, 3.8) is 0 Å². The molecule has 0 saturated carbocycles. The summed E-state index contributed by atoms with van der Waals surface area (Å²) in [5.74, 6) is 0. The second kappa shape index (κ2) is 27.6. The summed E-state index contributed by atoms with van der Waals surface area (Å²) >= 11 is 3.79. The van der Waals surface area contributed by atoms with Gasteiger partial charge in [0.1, 0.15) is 0 Å². The first-order chi connectivity index (χ1) is 71.5. The standard InChI is InChI=1S/C132H81B3N8S2/c1-131(2)90-35-9-15-46-104(90)140-112-70-76(74-58-62-80(63-59-74)136-102-44-13-7-30-87(102)120-82(32-22-50-108(120)136)78-66-89-85-29-6-12-43-101(85)139-111-53-27-52-110-122(111)134(98(68-78)126(89)139)94-38-21-34-86-84-28-5-11-42-100(84)138(110)125(86)94)71-113-124(112)135(95-39-24-37-92(131)127(95)140)99-69-79(67-93-128(99)141(113)105-47-16-10-36-91(105)132(93,3)4)83-33-23-51-109-121(83)88-31-8-14-45-103(88)137(109)81-64-60-75(61-65-81)77-72-114-123-115(73-77)143-107-49-18-20-55-117(107)145-119-57-26-41-97(130(119)143)133(123)96-40-25-56-118-129(96)142(114)106-48-17-19-54-116(106)144-118/h5-73H,1-4H3. The van der Waals surface area contributed by atoms with Gasteiger partial charge in [0.25, 0.3) is 20.1 Å². The fourth-order valence-corrected chi connectivity index (χ4v) is 31.1. The molecule has 0 N–H and O–H groups in total. The topological polar surface area (TPSA) is 32.7 Å². The molecular weight excluding hydrogens is 1790 g/mol. The van der Waals surface area contributed by atoms with Crippen molar-refractivity contribution in [1.82, 2.24) is 18.3 Å². The summed E-state index contributed by atoms with van der Waals surface area (Å²) in [5.41, 5.74) is 55.6. The van der Waals surface area contributed by atoms with Gasteiger partial charge in [0.05, 0.1) is 67.2 Å². The Bertz CT molecular complexity index is 10200. The maximum absolute atomic E-state index is 2.71. The van der Waals surface area contributed by atoms with Crippen LogP contribution in [0.1, 0.15) is 49.9 Å². The Morgan fingerprint density at radius 3 is 1.08 bits per heavy atom.